The maximum Gasteiger partial charge on any atom is 0.234 e. The van der Waals surface area contributed by atoms with Gasteiger partial charge in [-0.2, -0.15) is 5.26 Å². The van der Waals surface area contributed by atoms with Gasteiger partial charge in [0, 0.05) is 11.1 Å². The number of fused-ring (bicyclic) bond motifs is 1. The van der Waals surface area contributed by atoms with Crippen molar-refractivity contribution in [2.45, 2.75) is 5.03 Å². The third kappa shape index (κ3) is 3.75. The van der Waals surface area contributed by atoms with E-state index in [9.17, 15) is 10.1 Å². The summed E-state index contributed by atoms with van der Waals surface area (Å²) in [5.74, 6) is 0.606. The van der Waals surface area contributed by atoms with Crippen molar-refractivity contribution in [3.8, 4) is 17.5 Å². The van der Waals surface area contributed by atoms with Crippen LogP contribution in [0.5, 0.6) is 0 Å². The largest absolute Gasteiger partial charge is 0.463 e. The minimum absolute atomic E-state index is 0.145. The van der Waals surface area contributed by atoms with E-state index in [2.05, 4.69) is 16.4 Å². The van der Waals surface area contributed by atoms with Crippen molar-refractivity contribution in [2.24, 2.45) is 0 Å². The molecule has 0 saturated carbocycles. The highest BCUT2D eigenvalue weighted by Gasteiger charge is 2.12. The number of anilines is 1. The summed E-state index contributed by atoms with van der Waals surface area (Å²) >= 11 is 1.23. The van der Waals surface area contributed by atoms with Crippen molar-refractivity contribution < 1.29 is 9.21 Å². The Labute approximate surface area is 166 Å². The number of carbonyl (C=O) groups excluding carboxylic acids is 1. The second kappa shape index (κ2) is 7.99. The lowest BCUT2D eigenvalue weighted by Gasteiger charge is -2.09. The van der Waals surface area contributed by atoms with Crippen molar-refractivity contribution in [3.63, 3.8) is 0 Å². The zero-order valence-corrected chi connectivity index (χ0v) is 15.6. The number of thioether (sulfide) groups is 1. The Kier molecular flexibility index (Phi) is 5.09. The number of pyridine rings is 1. The number of aromatic nitrogens is 1. The molecule has 0 saturated heterocycles. The van der Waals surface area contributed by atoms with E-state index >= 15 is 0 Å². The molecule has 28 heavy (non-hydrogen) atoms. The van der Waals surface area contributed by atoms with Gasteiger partial charge in [-0.25, -0.2) is 4.98 Å². The van der Waals surface area contributed by atoms with Crippen LogP contribution in [-0.2, 0) is 4.79 Å². The van der Waals surface area contributed by atoms with E-state index in [1.807, 2.05) is 42.5 Å². The summed E-state index contributed by atoms with van der Waals surface area (Å²) in [6.07, 6.45) is 1.57. The Morgan fingerprint density at radius 3 is 2.75 bits per heavy atom. The smallest absolute Gasteiger partial charge is 0.234 e. The van der Waals surface area contributed by atoms with Crippen molar-refractivity contribution in [1.29, 1.82) is 5.26 Å². The van der Waals surface area contributed by atoms with E-state index in [1.165, 1.54) is 11.8 Å². The highest BCUT2D eigenvalue weighted by Crippen LogP contribution is 2.27. The van der Waals surface area contributed by atoms with Gasteiger partial charge in [0.05, 0.1) is 17.6 Å². The molecule has 4 aromatic rings. The first-order chi connectivity index (χ1) is 13.7. The molecule has 0 aliphatic heterocycles. The Morgan fingerprint density at radius 1 is 1.07 bits per heavy atom. The number of furan rings is 1. The summed E-state index contributed by atoms with van der Waals surface area (Å²) in [6.45, 7) is 0. The van der Waals surface area contributed by atoms with Gasteiger partial charge in [-0.05, 0) is 35.7 Å². The molecule has 0 aliphatic carbocycles. The van der Waals surface area contributed by atoms with Crippen LogP contribution in [0.4, 0.5) is 5.69 Å². The number of hydrogen-bond acceptors (Lipinski definition) is 5. The van der Waals surface area contributed by atoms with Crippen molar-refractivity contribution >= 4 is 34.1 Å². The number of nitriles is 1. The van der Waals surface area contributed by atoms with Crippen LogP contribution in [0.1, 0.15) is 5.56 Å². The SMILES string of the molecule is N#Cc1ccc(-c2ccco2)nc1SCC(=O)Nc1cccc2ccccc12. The van der Waals surface area contributed by atoms with Crippen LogP contribution < -0.4 is 5.32 Å². The quantitative estimate of drug-likeness (QED) is 0.484. The Morgan fingerprint density at radius 2 is 1.93 bits per heavy atom. The predicted molar refractivity (Wildman–Crippen MR) is 110 cm³/mol. The van der Waals surface area contributed by atoms with E-state index in [-0.39, 0.29) is 11.7 Å². The molecule has 5 nitrogen and oxygen atoms in total. The van der Waals surface area contributed by atoms with Gasteiger partial charge in [0.25, 0.3) is 0 Å². The summed E-state index contributed by atoms with van der Waals surface area (Å²) in [7, 11) is 0. The first-order valence-electron chi connectivity index (χ1n) is 8.60. The van der Waals surface area contributed by atoms with Crippen LogP contribution in [0.3, 0.4) is 0 Å². The lowest BCUT2D eigenvalue weighted by molar-refractivity contribution is -0.113. The molecular weight excluding hydrogens is 370 g/mol. The molecular formula is C22H15N3O2S. The number of rotatable bonds is 5. The van der Waals surface area contributed by atoms with Gasteiger partial charge >= 0.3 is 0 Å². The summed E-state index contributed by atoms with van der Waals surface area (Å²) in [5.41, 5.74) is 1.82. The van der Waals surface area contributed by atoms with Gasteiger partial charge in [-0.15, -0.1) is 0 Å². The monoisotopic (exact) mass is 385 g/mol. The van der Waals surface area contributed by atoms with Crippen LogP contribution in [-0.4, -0.2) is 16.6 Å². The van der Waals surface area contributed by atoms with Crippen LogP contribution in [0.15, 0.2) is 82.4 Å². The summed E-state index contributed by atoms with van der Waals surface area (Å²) in [6, 6.07) is 22.8. The molecule has 0 atom stereocenters. The minimum Gasteiger partial charge on any atom is -0.463 e. The molecule has 0 fully saturated rings. The standard InChI is InChI=1S/C22H15N3O2S/c23-13-16-10-11-19(20-9-4-12-27-20)25-22(16)28-14-21(26)24-18-8-3-6-15-5-1-2-7-17(15)18/h1-12H,14H2,(H,24,26). The Hall–Kier alpha value is -3.56. The molecule has 0 spiro atoms. The molecule has 1 amide bonds. The fourth-order valence-corrected chi connectivity index (χ4v) is 3.62. The lowest BCUT2D eigenvalue weighted by Crippen LogP contribution is -2.14. The van der Waals surface area contributed by atoms with E-state index in [4.69, 9.17) is 4.42 Å². The molecule has 6 heteroatoms. The maximum absolute atomic E-state index is 12.5. The van der Waals surface area contributed by atoms with Crippen molar-refractivity contribution in [2.75, 3.05) is 11.1 Å². The lowest BCUT2D eigenvalue weighted by atomic mass is 10.1. The summed E-state index contributed by atoms with van der Waals surface area (Å²) < 4.78 is 5.36. The van der Waals surface area contributed by atoms with E-state index in [0.717, 1.165) is 16.5 Å². The maximum atomic E-state index is 12.5. The first kappa shape index (κ1) is 17.8. The number of nitrogens with one attached hydrogen (secondary N) is 1. The highest BCUT2D eigenvalue weighted by atomic mass is 32.2. The molecule has 0 aliphatic rings. The predicted octanol–water partition coefficient (Wildman–Crippen LogP) is 5.10. The second-order valence-electron chi connectivity index (χ2n) is 6.00. The van der Waals surface area contributed by atoms with E-state index in [1.54, 1.807) is 30.5 Å². The van der Waals surface area contributed by atoms with E-state index < -0.39 is 0 Å². The van der Waals surface area contributed by atoms with E-state index in [0.29, 0.717) is 22.0 Å². The summed E-state index contributed by atoms with van der Waals surface area (Å²) in [5, 5.41) is 14.8. The third-order valence-corrected chi connectivity index (χ3v) is 5.15. The topological polar surface area (TPSA) is 78.9 Å². The Balaban J connectivity index is 1.50. The molecule has 0 bridgehead atoms. The molecule has 1 N–H and O–H groups in total. The summed E-state index contributed by atoms with van der Waals surface area (Å²) in [4.78, 5) is 17.0. The second-order valence-corrected chi connectivity index (χ2v) is 6.97. The molecule has 136 valence electrons. The number of nitrogens with zero attached hydrogens (tertiary/aromatic N) is 2. The first-order valence-corrected chi connectivity index (χ1v) is 9.58. The van der Waals surface area contributed by atoms with Gasteiger partial charge in [0.15, 0.2) is 5.76 Å². The van der Waals surface area contributed by atoms with Crippen molar-refractivity contribution in [1.82, 2.24) is 4.98 Å². The van der Waals surface area contributed by atoms with Crippen LogP contribution in [0.2, 0.25) is 0 Å². The molecule has 4 rings (SSSR count). The van der Waals surface area contributed by atoms with Gasteiger partial charge < -0.3 is 9.73 Å². The minimum atomic E-state index is -0.157. The molecule has 2 aromatic heterocycles. The third-order valence-electron chi connectivity index (χ3n) is 4.16. The van der Waals surface area contributed by atoms with Crippen LogP contribution in [0.25, 0.3) is 22.2 Å². The fourth-order valence-electron chi connectivity index (χ4n) is 2.85. The highest BCUT2D eigenvalue weighted by molar-refractivity contribution is 8.00. The zero-order chi connectivity index (χ0) is 19.3. The molecule has 2 aromatic carbocycles. The van der Waals surface area contributed by atoms with Crippen molar-refractivity contribution in [3.05, 3.63) is 78.6 Å². The Bertz CT molecular complexity index is 1170. The number of hydrogen-bond donors (Lipinski definition) is 1. The fraction of sp³-hybridized carbons (Fsp3) is 0.0455. The number of benzene rings is 2. The molecule has 2 heterocycles. The molecule has 0 unspecified atom stereocenters. The number of carbonyl (C=O) groups is 1. The van der Waals surface area contributed by atoms with Crippen LogP contribution in [0, 0.1) is 11.3 Å². The van der Waals surface area contributed by atoms with Gasteiger partial charge in [-0.3, -0.25) is 4.79 Å². The van der Waals surface area contributed by atoms with Crippen LogP contribution >= 0.6 is 11.8 Å². The average molecular weight is 385 g/mol. The average Bonchev–Trinajstić information content (AvgIpc) is 3.27. The van der Waals surface area contributed by atoms with Gasteiger partial charge in [-0.1, -0.05) is 48.2 Å². The van der Waals surface area contributed by atoms with Gasteiger partial charge in [0.2, 0.25) is 5.91 Å². The molecule has 0 radical (unpaired) electrons. The van der Waals surface area contributed by atoms with Gasteiger partial charge in [0.1, 0.15) is 16.8 Å². The zero-order valence-electron chi connectivity index (χ0n) is 14.8. The number of amides is 1. The normalized spacial score (nSPS) is 10.5.